The van der Waals surface area contributed by atoms with Crippen molar-refractivity contribution in [1.29, 1.82) is 0 Å². The highest BCUT2D eigenvalue weighted by Gasteiger charge is 2.35. The highest BCUT2D eigenvalue weighted by atomic mass is 16.2. The molecular formula is C19H24N2O. The molecule has 0 radical (unpaired) electrons. The first-order valence-electron chi connectivity index (χ1n) is 8.15. The third-order valence-electron chi connectivity index (χ3n) is 4.81. The predicted molar refractivity (Wildman–Crippen MR) is 89.1 cm³/mol. The van der Waals surface area contributed by atoms with Crippen molar-refractivity contribution in [2.75, 3.05) is 13.1 Å². The smallest absolute Gasteiger partial charge is 0.270 e. The zero-order valence-corrected chi connectivity index (χ0v) is 13.4. The van der Waals surface area contributed by atoms with Crippen molar-refractivity contribution in [2.45, 2.75) is 38.5 Å². The van der Waals surface area contributed by atoms with Crippen molar-refractivity contribution in [1.82, 2.24) is 9.88 Å². The van der Waals surface area contributed by atoms with E-state index < -0.39 is 0 Å². The molecule has 1 aromatic carbocycles. The molecule has 22 heavy (non-hydrogen) atoms. The Hall–Kier alpha value is -2.03. The lowest BCUT2D eigenvalue weighted by atomic mass is 9.76. The number of amides is 1. The van der Waals surface area contributed by atoms with E-state index in [1.165, 1.54) is 5.56 Å². The molecule has 1 aromatic heterocycles. The normalized spacial score (nSPS) is 21.8. The van der Waals surface area contributed by atoms with E-state index in [9.17, 15) is 4.79 Å². The summed E-state index contributed by atoms with van der Waals surface area (Å²) in [4.78, 5) is 18.0. The summed E-state index contributed by atoms with van der Waals surface area (Å²) in [5, 5.41) is 0. The molecule has 3 nitrogen and oxygen atoms in total. The van der Waals surface area contributed by atoms with E-state index in [0.717, 1.165) is 38.0 Å². The van der Waals surface area contributed by atoms with Crippen LogP contribution in [-0.2, 0) is 11.8 Å². The number of aryl methyl sites for hydroxylation is 1. The minimum atomic E-state index is 0.0509. The van der Waals surface area contributed by atoms with Crippen LogP contribution in [0.25, 0.3) is 0 Å². The summed E-state index contributed by atoms with van der Waals surface area (Å²) >= 11 is 0. The molecule has 0 spiro atoms. The lowest BCUT2D eigenvalue weighted by Gasteiger charge is -2.40. The van der Waals surface area contributed by atoms with E-state index >= 15 is 0 Å². The number of likely N-dealkylation sites (tertiary alicyclic amines) is 1. The molecule has 0 saturated carbocycles. The Morgan fingerprint density at radius 3 is 2.68 bits per heavy atom. The van der Waals surface area contributed by atoms with Crippen LogP contribution < -0.4 is 0 Å². The summed E-state index contributed by atoms with van der Waals surface area (Å²) in [5.41, 5.74) is 3.21. The van der Waals surface area contributed by atoms with Gasteiger partial charge in [0.15, 0.2) is 0 Å². The second kappa shape index (κ2) is 5.99. The minimum absolute atomic E-state index is 0.0509. The van der Waals surface area contributed by atoms with Crippen LogP contribution >= 0.6 is 0 Å². The highest BCUT2D eigenvalue weighted by molar-refractivity contribution is 5.92. The molecule has 2 aromatic rings. The van der Waals surface area contributed by atoms with Crippen LogP contribution in [-0.4, -0.2) is 28.9 Å². The number of nitrogens with zero attached hydrogens (tertiary/aromatic N) is 1. The standard InChI is InChI=1S/C19H24N2O/c1-3-16-10-11-17(20-16)18(22)21-13-7-12-19(2,14-21)15-8-5-4-6-9-15/h4-6,8-11,20H,3,7,12-14H2,1-2H3/t19-/m0/s1. The molecule has 1 atom stereocenters. The average Bonchev–Trinajstić information content (AvgIpc) is 3.04. The molecule has 3 rings (SSSR count). The maximum atomic E-state index is 12.7. The van der Waals surface area contributed by atoms with Gasteiger partial charge in [-0.2, -0.15) is 0 Å². The van der Waals surface area contributed by atoms with Gasteiger partial charge >= 0.3 is 0 Å². The number of aromatic amines is 1. The molecule has 2 heterocycles. The summed E-state index contributed by atoms with van der Waals surface area (Å²) in [5.74, 6) is 0.126. The van der Waals surface area contributed by atoms with Crippen molar-refractivity contribution in [3.05, 3.63) is 59.4 Å². The van der Waals surface area contributed by atoms with E-state index in [0.29, 0.717) is 5.69 Å². The monoisotopic (exact) mass is 296 g/mol. The van der Waals surface area contributed by atoms with Gasteiger partial charge in [-0.1, -0.05) is 44.2 Å². The molecule has 116 valence electrons. The third-order valence-corrected chi connectivity index (χ3v) is 4.81. The zero-order valence-electron chi connectivity index (χ0n) is 13.4. The molecule has 0 aliphatic carbocycles. The van der Waals surface area contributed by atoms with Gasteiger partial charge in [-0.25, -0.2) is 0 Å². The molecule has 1 N–H and O–H groups in total. The fourth-order valence-corrected chi connectivity index (χ4v) is 3.43. The number of aromatic nitrogens is 1. The first-order chi connectivity index (χ1) is 10.6. The minimum Gasteiger partial charge on any atom is -0.354 e. The fraction of sp³-hybridized carbons (Fsp3) is 0.421. The van der Waals surface area contributed by atoms with Crippen molar-refractivity contribution in [2.24, 2.45) is 0 Å². The van der Waals surface area contributed by atoms with Gasteiger partial charge in [0.05, 0.1) is 0 Å². The number of H-pyrrole nitrogens is 1. The number of carbonyl (C=O) groups excluding carboxylic acids is 1. The largest absolute Gasteiger partial charge is 0.354 e. The fourth-order valence-electron chi connectivity index (χ4n) is 3.43. The number of nitrogens with one attached hydrogen (secondary N) is 1. The molecule has 3 heteroatoms. The number of benzene rings is 1. The van der Waals surface area contributed by atoms with Gasteiger partial charge in [0.1, 0.15) is 5.69 Å². The van der Waals surface area contributed by atoms with Crippen LogP contribution in [0.1, 0.15) is 48.4 Å². The molecule has 1 fully saturated rings. The number of piperidine rings is 1. The maximum Gasteiger partial charge on any atom is 0.270 e. The maximum absolute atomic E-state index is 12.7. The van der Waals surface area contributed by atoms with E-state index in [2.05, 4.69) is 43.1 Å². The summed E-state index contributed by atoms with van der Waals surface area (Å²) in [6.45, 7) is 6.00. The van der Waals surface area contributed by atoms with Crippen LogP contribution in [0.5, 0.6) is 0 Å². The molecular weight excluding hydrogens is 272 g/mol. The first-order valence-corrected chi connectivity index (χ1v) is 8.15. The Morgan fingerprint density at radius 1 is 1.23 bits per heavy atom. The van der Waals surface area contributed by atoms with E-state index in [1.807, 2.05) is 23.1 Å². The van der Waals surface area contributed by atoms with Gasteiger partial charge in [0.2, 0.25) is 0 Å². The first kappa shape index (κ1) is 14.9. The Balaban J connectivity index is 1.79. The SMILES string of the molecule is CCc1ccc(C(=O)N2CCC[C@](C)(c3ccccc3)C2)[nH]1. The number of carbonyl (C=O) groups is 1. The summed E-state index contributed by atoms with van der Waals surface area (Å²) in [6.07, 6.45) is 3.11. The topological polar surface area (TPSA) is 36.1 Å². The lowest BCUT2D eigenvalue weighted by molar-refractivity contribution is 0.0645. The molecule has 1 aliphatic heterocycles. The van der Waals surface area contributed by atoms with Gasteiger partial charge < -0.3 is 9.88 Å². The summed E-state index contributed by atoms with van der Waals surface area (Å²) in [6, 6.07) is 14.5. The predicted octanol–water partition coefficient (Wildman–Crippen LogP) is 3.77. The van der Waals surface area contributed by atoms with Crippen LogP contribution in [0, 0.1) is 0 Å². The van der Waals surface area contributed by atoms with Crippen molar-refractivity contribution in [3.8, 4) is 0 Å². The van der Waals surface area contributed by atoms with Crippen LogP contribution in [0.2, 0.25) is 0 Å². The zero-order chi connectivity index (χ0) is 15.6. The summed E-state index contributed by atoms with van der Waals surface area (Å²) < 4.78 is 0. The van der Waals surface area contributed by atoms with Crippen molar-refractivity contribution >= 4 is 5.91 Å². The molecule has 0 unspecified atom stereocenters. The molecule has 0 bridgehead atoms. The van der Waals surface area contributed by atoms with Crippen LogP contribution in [0.3, 0.4) is 0 Å². The van der Waals surface area contributed by atoms with Gasteiger partial charge in [-0.05, 0) is 37.0 Å². The van der Waals surface area contributed by atoms with E-state index in [1.54, 1.807) is 0 Å². The highest BCUT2D eigenvalue weighted by Crippen LogP contribution is 2.34. The Morgan fingerprint density at radius 2 is 2.00 bits per heavy atom. The molecule has 1 amide bonds. The molecule has 1 aliphatic rings. The Labute approximate surface area is 132 Å². The van der Waals surface area contributed by atoms with Gasteiger partial charge in [-0.15, -0.1) is 0 Å². The number of rotatable bonds is 3. The van der Waals surface area contributed by atoms with Gasteiger partial charge in [0, 0.05) is 24.2 Å². The number of hydrogen-bond donors (Lipinski definition) is 1. The van der Waals surface area contributed by atoms with Crippen LogP contribution in [0.4, 0.5) is 0 Å². The Kier molecular flexibility index (Phi) is 4.06. The average molecular weight is 296 g/mol. The Bertz CT molecular complexity index is 646. The van der Waals surface area contributed by atoms with Gasteiger partial charge in [0.25, 0.3) is 5.91 Å². The third kappa shape index (κ3) is 2.80. The second-order valence-electron chi connectivity index (χ2n) is 6.51. The van der Waals surface area contributed by atoms with Crippen molar-refractivity contribution < 1.29 is 4.79 Å². The quantitative estimate of drug-likeness (QED) is 0.919. The van der Waals surface area contributed by atoms with E-state index in [4.69, 9.17) is 0 Å². The van der Waals surface area contributed by atoms with Gasteiger partial charge in [-0.3, -0.25) is 4.79 Å². The lowest BCUT2D eigenvalue weighted by Crippen LogP contribution is -2.47. The van der Waals surface area contributed by atoms with Crippen molar-refractivity contribution in [3.63, 3.8) is 0 Å². The van der Waals surface area contributed by atoms with E-state index in [-0.39, 0.29) is 11.3 Å². The van der Waals surface area contributed by atoms with Crippen LogP contribution in [0.15, 0.2) is 42.5 Å². The second-order valence-corrected chi connectivity index (χ2v) is 6.51. The summed E-state index contributed by atoms with van der Waals surface area (Å²) in [7, 11) is 0. The number of hydrogen-bond acceptors (Lipinski definition) is 1. The molecule has 1 saturated heterocycles.